The highest BCUT2D eigenvalue weighted by molar-refractivity contribution is 5.82. The van der Waals surface area contributed by atoms with E-state index in [-0.39, 0.29) is 5.89 Å². The third kappa shape index (κ3) is 1.68. The summed E-state index contributed by atoms with van der Waals surface area (Å²) in [6, 6.07) is 0.321. The van der Waals surface area contributed by atoms with E-state index < -0.39 is 5.97 Å². The summed E-state index contributed by atoms with van der Waals surface area (Å²) in [5.74, 6) is -1.52. The number of hydrogen-bond acceptors (Lipinski definition) is 5. The maximum Gasteiger partial charge on any atom is 0.393 e. The Morgan fingerprint density at radius 2 is 2.00 bits per heavy atom. The Hall–Kier alpha value is -1.59. The van der Waals surface area contributed by atoms with Gasteiger partial charge < -0.3 is 14.4 Å². The van der Waals surface area contributed by atoms with Crippen molar-refractivity contribution >= 4 is 12.0 Å². The van der Waals surface area contributed by atoms with Crippen molar-refractivity contribution < 1.29 is 14.3 Å². The summed E-state index contributed by atoms with van der Waals surface area (Å²) in [6.07, 6.45) is 3.38. The molecule has 1 aromatic heterocycles. The molecule has 2 heterocycles. The zero-order valence-electron chi connectivity index (χ0n) is 7.64. The van der Waals surface area contributed by atoms with E-state index in [1.807, 2.05) is 4.90 Å². The van der Waals surface area contributed by atoms with Crippen LogP contribution < -0.4 is 4.90 Å². The minimum absolute atomic E-state index is 0.321. The van der Waals surface area contributed by atoms with E-state index in [9.17, 15) is 4.79 Å². The van der Waals surface area contributed by atoms with E-state index in [4.69, 9.17) is 9.52 Å². The second-order valence-corrected chi connectivity index (χ2v) is 3.24. The van der Waals surface area contributed by atoms with Crippen LogP contribution in [-0.4, -0.2) is 34.4 Å². The molecule has 0 aliphatic carbocycles. The fraction of sp³-hybridized carbons (Fsp3) is 0.625. The highest BCUT2D eigenvalue weighted by atomic mass is 16.4. The Labute approximate surface area is 80.5 Å². The molecule has 0 unspecified atom stereocenters. The molecule has 0 spiro atoms. The van der Waals surface area contributed by atoms with E-state index in [0.717, 1.165) is 25.9 Å². The molecule has 0 aromatic carbocycles. The van der Waals surface area contributed by atoms with Gasteiger partial charge in [0.2, 0.25) is 0 Å². The van der Waals surface area contributed by atoms with Gasteiger partial charge in [0.25, 0.3) is 0 Å². The van der Waals surface area contributed by atoms with E-state index in [1.54, 1.807) is 0 Å². The van der Waals surface area contributed by atoms with Crippen molar-refractivity contribution in [3.05, 3.63) is 5.89 Å². The van der Waals surface area contributed by atoms with Gasteiger partial charge in [-0.2, -0.15) is 0 Å². The molecule has 1 N–H and O–H groups in total. The summed E-state index contributed by atoms with van der Waals surface area (Å²) in [4.78, 5) is 12.4. The smallest absolute Gasteiger partial charge is 0.393 e. The Morgan fingerprint density at radius 3 is 2.57 bits per heavy atom. The van der Waals surface area contributed by atoms with Gasteiger partial charge in [0.05, 0.1) is 0 Å². The van der Waals surface area contributed by atoms with Gasteiger partial charge in [-0.3, -0.25) is 0 Å². The number of aromatic carboxylic acids is 1. The first-order chi connectivity index (χ1) is 6.77. The molecular formula is C8H11N3O3. The van der Waals surface area contributed by atoms with Crippen LogP contribution in [0.1, 0.15) is 29.9 Å². The van der Waals surface area contributed by atoms with Gasteiger partial charge in [-0.1, -0.05) is 10.2 Å². The Morgan fingerprint density at radius 1 is 1.29 bits per heavy atom. The molecule has 2 rings (SSSR count). The van der Waals surface area contributed by atoms with Crippen LogP contribution in [0.25, 0.3) is 0 Å². The Balaban J connectivity index is 2.11. The number of piperidine rings is 1. The fourth-order valence-electron chi connectivity index (χ4n) is 1.51. The largest absolute Gasteiger partial charge is 0.474 e. The summed E-state index contributed by atoms with van der Waals surface area (Å²) < 4.78 is 4.99. The lowest BCUT2D eigenvalue weighted by molar-refractivity contribution is 0.0654. The Kier molecular flexibility index (Phi) is 2.34. The van der Waals surface area contributed by atoms with Gasteiger partial charge >= 0.3 is 17.9 Å². The summed E-state index contributed by atoms with van der Waals surface area (Å²) in [5, 5.41) is 15.7. The Bertz CT molecular complexity index is 330. The molecular weight excluding hydrogens is 186 g/mol. The number of carboxylic acid groups (broad SMARTS) is 1. The number of carbonyl (C=O) groups is 1. The van der Waals surface area contributed by atoms with Gasteiger partial charge in [-0.05, 0) is 19.3 Å². The number of nitrogens with zero attached hydrogens (tertiary/aromatic N) is 3. The first-order valence-electron chi connectivity index (χ1n) is 4.59. The average molecular weight is 197 g/mol. The van der Waals surface area contributed by atoms with E-state index in [0.29, 0.717) is 6.01 Å². The predicted octanol–water partition coefficient (Wildman–Crippen LogP) is 0.758. The maximum absolute atomic E-state index is 10.5. The zero-order valence-corrected chi connectivity index (χ0v) is 7.64. The average Bonchev–Trinajstić information content (AvgIpc) is 2.68. The van der Waals surface area contributed by atoms with Crippen LogP contribution >= 0.6 is 0 Å². The topological polar surface area (TPSA) is 79.5 Å². The first kappa shape index (κ1) is 8.98. The molecule has 76 valence electrons. The van der Waals surface area contributed by atoms with Crippen molar-refractivity contribution in [2.75, 3.05) is 18.0 Å². The van der Waals surface area contributed by atoms with Gasteiger partial charge in [-0.25, -0.2) is 4.79 Å². The van der Waals surface area contributed by atoms with Gasteiger partial charge in [-0.15, -0.1) is 0 Å². The molecule has 1 fully saturated rings. The quantitative estimate of drug-likeness (QED) is 0.753. The third-order valence-corrected chi connectivity index (χ3v) is 2.22. The van der Waals surface area contributed by atoms with Crippen LogP contribution in [0.5, 0.6) is 0 Å². The van der Waals surface area contributed by atoms with Crippen LogP contribution in [0, 0.1) is 0 Å². The highest BCUT2D eigenvalue weighted by Crippen LogP contribution is 2.17. The van der Waals surface area contributed by atoms with Gasteiger partial charge in [0, 0.05) is 13.1 Å². The highest BCUT2D eigenvalue weighted by Gasteiger charge is 2.19. The number of carboxylic acids is 1. The SMILES string of the molecule is O=C(O)c1nnc(N2CCCCC2)o1. The predicted molar refractivity (Wildman–Crippen MR) is 47.3 cm³/mol. The van der Waals surface area contributed by atoms with Crippen molar-refractivity contribution in [2.24, 2.45) is 0 Å². The monoisotopic (exact) mass is 197 g/mol. The van der Waals surface area contributed by atoms with Crippen molar-refractivity contribution in [1.82, 2.24) is 10.2 Å². The normalized spacial score (nSPS) is 17.0. The molecule has 1 saturated heterocycles. The van der Waals surface area contributed by atoms with Crippen LogP contribution in [0.15, 0.2) is 4.42 Å². The molecule has 14 heavy (non-hydrogen) atoms. The van der Waals surface area contributed by atoms with Crippen molar-refractivity contribution in [3.8, 4) is 0 Å². The lowest BCUT2D eigenvalue weighted by Crippen LogP contribution is -2.29. The molecule has 0 bridgehead atoms. The number of rotatable bonds is 2. The number of hydrogen-bond donors (Lipinski definition) is 1. The minimum Gasteiger partial charge on any atom is -0.474 e. The van der Waals surface area contributed by atoms with Crippen LogP contribution in [0.2, 0.25) is 0 Å². The molecule has 0 atom stereocenters. The van der Waals surface area contributed by atoms with Crippen LogP contribution in [0.4, 0.5) is 6.01 Å². The summed E-state index contributed by atoms with van der Waals surface area (Å²) in [6.45, 7) is 1.72. The molecule has 1 aliphatic rings. The molecule has 6 nitrogen and oxygen atoms in total. The van der Waals surface area contributed by atoms with Crippen molar-refractivity contribution in [2.45, 2.75) is 19.3 Å². The van der Waals surface area contributed by atoms with E-state index in [1.165, 1.54) is 6.42 Å². The molecule has 0 amide bonds. The number of aromatic nitrogens is 2. The standard InChI is InChI=1S/C8H11N3O3/c12-7(13)6-9-10-8(14-6)11-4-2-1-3-5-11/h1-5H2,(H,12,13). The lowest BCUT2D eigenvalue weighted by Gasteiger charge is -2.23. The molecule has 1 aromatic rings. The molecule has 0 radical (unpaired) electrons. The van der Waals surface area contributed by atoms with E-state index in [2.05, 4.69) is 10.2 Å². The lowest BCUT2D eigenvalue weighted by atomic mass is 10.1. The number of anilines is 1. The van der Waals surface area contributed by atoms with Crippen LogP contribution in [-0.2, 0) is 0 Å². The fourth-order valence-corrected chi connectivity index (χ4v) is 1.51. The summed E-state index contributed by atoms with van der Waals surface area (Å²) in [5.41, 5.74) is 0. The van der Waals surface area contributed by atoms with E-state index >= 15 is 0 Å². The second-order valence-electron chi connectivity index (χ2n) is 3.24. The molecule has 0 saturated carbocycles. The van der Waals surface area contributed by atoms with Crippen LogP contribution in [0.3, 0.4) is 0 Å². The van der Waals surface area contributed by atoms with Gasteiger partial charge in [0.15, 0.2) is 0 Å². The van der Waals surface area contributed by atoms with Crippen molar-refractivity contribution in [3.63, 3.8) is 0 Å². The summed E-state index contributed by atoms with van der Waals surface area (Å²) >= 11 is 0. The summed E-state index contributed by atoms with van der Waals surface area (Å²) in [7, 11) is 0. The minimum atomic E-state index is -1.18. The van der Waals surface area contributed by atoms with Gasteiger partial charge in [0.1, 0.15) is 0 Å². The zero-order chi connectivity index (χ0) is 9.97. The second kappa shape index (κ2) is 3.65. The first-order valence-corrected chi connectivity index (χ1v) is 4.59. The van der Waals surface area contributed by atoms with Crippen molar-refractivity contribution in [1.29, 1.82) is 0 Å². The molecule has 1 aliphatic heterocycles. The maximum atomic E-state index is 10.5. The molecule has 6 heteroatoms. The third-order valence-electron chi connectivity index (χ3n) is 2.22.